The number of carbonyl (C=O) groups excluding carboxylic acids is 2. The van der Waals surface area contributed by atoms with Crippen LogP contribution in [0.4, 0.5) is 8.78 Å². The topological polar surface area (TPSA) is 89.5 Å². The molecule has 8 nitrogen and oxygen atoms in total. The molecule has 0 aromatic heterocycles. The van der Waals surface area contributed by atoms with Crippen LogP contribution < -0.4 is 0 Å². The van der Waals surface area contributed by atoms with E-state index in [2.05, 4.69) is 0 Å². The third-order valence-corrected chi connectivity index (χ3v) is 11.4. The van der Waals surface area contributed by atoms with E-state index in [9.17, 15) is 18.4 Å². The molecule has 8 fully saturated rings. The van der Waals surface area contributed by atoms with Gasteiger partial charge in [-0.3, -0.25) is 4.79 Å². The lowest BCUT2D eigenvalue weighted by molar-refractivity contribution is -0.231. The summed E-state index contributed by atoms with van der Waals surface area (Å²) in [6.07, 6.45) is 12.8. The molecule has 2 saturated heterocycles. The predicted molar refractivity (Wildman–Crippen MR) is 144 cm³/mol. The smallest absolute Gasteiger partial charge is 0.376 e. The van der Waals surface area contributed by atoms with Gasteiger partial charge in [0.2, 0.25) is 0 Å². The number of alkyl halides is 2. The molecule has 10 heteroatoms. The third-order valence-electron chi connectivity index (χ3n) is 11.4. The molecule has 2 spiro atoms. The lowest BCUT2D eigenvalue weighted by atomic mass is 9.44. The van der Waals surface area contributed by atoms with Crippen LogP contribution in [0.1, 0.15) is 110 Å². The van der Waals surface area contributed by atoms with Gasteiger partial charge in [0.25, 0.3) is 0 Å². The van der Waals surface area contributed by atoms with Crippen molar-refractivity contribution in [2.24, 2.45) is 22.7 Å². The molecule has 4 unspecified atom stereocenters. The molecule has 236 valence electrons. The summed E-state index contributed by atoms with van der Waals surface area (Å²) in [4.78, 5) is 26.3. The highest BCUT2D eigenvalue weighted by Crippen LogP contribution is 2.66. The SMILES string of the molecule is CC(F)(F)C(=O)OCC12CC3CC(C1)CC(C(=O)OC(C1COC4(CCCCC4)O1)C1COC4(CCCCC4)O1)(C3)C2. The average Bonchev–Trinajstić information content (AvgIpc) is 3.54. The molecule has 8 aliphatic rings. The molecule has 0 radical (unpaired) electrons. The maximum atomic E-state index is 14.4. The number of carbonyl (C=O) groups is 2. The second kappa shape index (κ2) is 10.6. The van der Waals surface area contributed by atoms with E-state index in [1.165, 1.54) is 0 Å². The van der Waals surface area contributed by atoms with Crippen molar-refractivity contribution in [3.8, 4) is 0 Å². The zero-order valence-electron chi connectivity index (χ0n) is 24.8. The Hall–Kier alpha value is -1.36. The zero-order valence-corrected chi connectivity index (χ0v) is 24.8. The van der Waals surface area contributed by atoms with Crippen LogP contribution >= 0.6 is 0 Å². The summed E-state index contributed by atoms with van der Waals surface area (Å²) >= 11 is 0. The highest BCUT2D eigenvalue weighted by molar-refractivity contribution is 5.78. The largest absolute Gasteiger partial charge is 0.461 e. The van der Waals surface area contributed by atoms with E-state index >= 15 is 0 Å². The molecule has 8 rings (SSSR count). The van der Waals surface area contributed by atoms with Crippen LogP contribution in [-0.2, 0) is 38.0 Å². The quantitative estimate of drug-likeness (QED) is 0.339. The molecule has 6 saturated carbocycles. The standard InChI is InChI=1S/C32H46F2O8/c1-28(33,34)26(35)37-20-29-13-21-12-22(14-29)16-30(15-21,19-29)27(36)40-25(23-17-38-31(41-23)8-4-2-5-9-31)24-18-39-32(42-24)10-6-3-7-11-32/h21-25H,2-20H2,1H3. The minimum atomic E-state index is -3.54. The van der Waals surface area contributed by atoms with Crippen molar-refractivity contribution in [1.29, 1.82) is 0 Å². The fraction of sp³-hybridized carbons (Fsp3) is 0.938. The Morgan fingerprint density at radius 1 is 0.833 bits per heavy atom. The maximum absolute atomic E-state index is 14.4. The van der Waals surface area contributed by atoms with Crippen LogP contribution in [0.5, 0.6) is 0 Å². The van der Waals surface area contributed by atoms with E-state index in [0.29, 0.717) is 39.4 Å². The Labute approximate surface area is 246 Å². The number of hydrogen-bond acceptors (Lipinski definition) is 8. The van der Waals surface area contributed by atoms with Gasteiger partial charge in [-0.1, -0.05) is 12.8 Å². The van der Waals surface area contributed by atoms with Crippen molar-refractivity contribution in [2.75, 3.05) is 19.8 Å². The number of rotatable bonds is 7. The minimum absolute atomic E-state index is 0.0785. The first-order valence-electron chi connectivity index (χ1n) is 16.4. The maximum Gasteiger partial charge on any atom is 0.376 e. The molecular formula is C32H46F2O8. The number of hydrogen-bond donors (Lipinski definition) is 0. The van der Waals surface area contributed by atoms with E-state index < -0.39 is 52.6 Å². The second-order valence-corrected chi connectivity index (χ2v) is 15.0. The van der Waals surface area contributed by atoms with E-state index in [1.54, 1.807) is 0 Å². The highest BCUT2D eigenvalue weighted by Gasteiger charge is 2.63. The first-order valence-corrected chi connectivity index (χ1v) is 16.4. The van der Waals surface area contributed by atoms with Gasteiger partial charge < -0.3 is 28.4 Å². The summed E-state index contributed by atoms with van der Waals surface area (Å²) in [5, 5.41) is 0. The van der Waals surface area contributed by atoms with Crippen LogP contribution in [0.25, 0.3) is 0 Å². The van der Waals surface area contributed by atoms with Gasteiger partial charge in [0, 0.05) is 38.0 Å². The van der Waals surface area contributed by atoms with Crippen LogP contribution in [-0.4, -0.2) is 67.6 Å². The Morgan fingerprint density at radius 2 is 1.36 bits per heavy atom. The molecule has 0 aromatic rings. The highest BCUT2D eigenvalue weighted by atomic mass is 19.3. The Bertz CT molecular complexity index is 996. The number of halogens is 2. The van der Waals surface area contributed by atoms with Crippen molar-refractivity contribution in [3.63, 3.8) is 0 Å². The molecular weight excluding hydrogens is 550 g/mol. The van der Waals surface area contributed by atoms with E-state index in [0.717, 1.165) is 83.5 Å². The Kier molecular flexibility index (Phi) is 7.43. The van der Waals surface area contributed by atoms with Crippen LogP contribution in [0.2, 0.25) is 0 Å². The van der Waals surface area contributed by atoms with Gasteiger partial charge in [-0.05, 0) is 76.0 Å². The Morgan fingerprint density at radius 3 is 1.86 bits per heavy atom. The summed E-state index contributed by atoms with van der Waals surface area (Å²) in [6, 6.07) is 0. The summed E-state index contributed by atoms with van der Waals surface area (Å²) in [6.45, 7) is 1.17. The van der Waals surface area contributed by atoms with Gasteiger partial charge in [-0.2, -0.15) is 8.78 Å². The normalized spacial score (nSPS) is 40.8. The molecule has 4 bridgehead atoms. The van der Waals surface area contributed by atoms with Crippen molar-refractivity contribution in [3.05, 3.63) is 0 Å². The number of esters is 2. The summed E-state index contributed by atoms with van der Waals surface area (Å²) < 4.78 is 64.7. The molecule has 0 amide bonds. The first-order chi connectivity index (χ1) is 20.0. The Balaban J connectivity index is 1.10. The predicted octanol–water partition coefficient (Wildman–Crippen LogP) is 5.83. The van der Waals surface area contributed by atoms with Crippen molar-refractivity contribution >= 4 is 11.9 Å². The van der Waals surface area contributed by atoms with Crippen LogP contribution in [0.3, 0.4) is 0 Å². The zero-order chi connectivity index (χ0) is 29.2. The van der Waals surface area contributed by atoms with Gasteiger partial charge in [0.15, 0.2) is 17.7 Å². The summed E-state index contributed by atoms with van der Waals surface area (Å²) in [5.41, 5.74) is -1.20. The molecule has 4 atom stereocenters. The lowest BCUT2D eigenvalue weighted by Crippen LogP contribution is -2.58. The van der Waals surface area contributed by atoms with Gasteiger partial charge >= 0.3 is 17.9 Å². The third kappa shape index (κ3) is 5.40. The van der Waals surface area contributed by atoms with Crippen molar-refractivity contribution in [1.82, 2.24) is 0 Å². The molecule has 0 N–H and O–H groups in total. The molecule has 2 heterocycles. The van der Waals surface area contributed by atoms with E-state index in [-0.39, 0.29) is 24.4 Å². The average molecular weight is 597 g/mol. The fourth-order valence-electron chi connectivity index (χ4n) is 10.0. The van der Waals surface area contributed by atoms with Crippen LogP contribution in [0.15, 0.2) is 0 Å². The van der Waals surface area contributed by atoms with E-state index in [1.807, 2.05) is 0 Å². The molecule has 0 aromatic carbocycles. The fourth-order valence-corrected chi connectivity index (χ4v) is 10.0. The van der Waals surface area contributed by atoms with Crippen molar-refractivity contribution in [2.45, 2.75) is 145 Å². The minimum Gasteiger partial charge on any atom is -0.461 e. The monoisotopic (exact) mass is 596 g/mol. The lowest BCUT2D eigenvalue weighted by Gasteiger charge is -2.60. The first kappa shape index (κ1) is 29.4. The van der Waals surface area contributed by atoms with Gasteiger partial charge in [0.05, 0.1) is 25.2 Å². The molecule has 42 heavy (non-hydrogen) atoms. The van der Waals surface area contributed by atoms with Crippen LogP contribution in [0, 0.1) is 22.7 Å². The van der Waals surface area contributed by atoms with Crippen molar-refractivity contribution < 1.29 is 46.8 Å². The van der Waals surface area contributed by atoms with Gasteiger partial charge in [-0.25, -0.2) is 4.79 Å². The summed E-state index contributed by atoms with van der Waals surface area (Å²) in [5.74, 6) is -5.97. The van der Waals surface area contributed by atoms with Gasteiger partial charge in [0.1, 0.15) is 12.2 Å². The summed E-state index contributed by atoms with van der Waals surface area (Å²) in [7, 11) is 0. The van der Waals surface area contributed by atoms with E-state index in [4.69, 9.17) is 28.4 Å². The molecule has 6 aliphatic carbocycles. The number of ether oxygens (including phenoxy) is 6. The molecule has 2 aliphatic heterocycles. The van der Waals surface area contributed by atoms with Gasteiger partial charge in [-0.15, -0.1) is 0 Å². The second-order valence-electron chi connectivity index (χ2n) is 15.0.